The number of fused-ring (bicyclic) bond motifs is 2. The Morgan fingerprint density at radius 2 is 1.71 bits per heavy atom. The Bertz CT molecular complexity index is 1820. The van der Waals surface area contributed by atoms with Crippen LogP contribution in [0.4, 0.5) is 15.4 Å². The SMILES string of the molecule is CN(C(=O)O)c1ncnc2c1ccn2[C@@H]1C[C@H](CNCCCN(CCc2ccc(Oc3ccccc3)cc2)C(=O)OC(C)(C)C)[C@H]2OC(C)(C)O[C@H]21. The van der Waals surface area contributed by atoms with Crippen molar-refractivity contribution in [3.05, 3.63) is 78.8 Å². The number of aromatic nitrogens is 3. The zero-order valence-corrected chi connectivity index (χ0v) is 30.8. The molecule has 1 aliphatic carbocycles. The van der Waals surface area contributed by atoms with E-state index in [0.717, 1.165) is 34.8 Å². The molecule has 0 bridgehead atoms. The molecule has 2 aromatic carbocycles. The van der Waals surface area contributed by atoms with Gasteiger partial charge < -0.3 is 38.8 Å². The third-order valence-corrected chi connectivity index (χ3v) is 9.41. The molecule has 1 aliphatic heterocycles. The van der Waals surface area contributed by atoms with Crippen LogP contribution >= 0.6 is 0 Å². The number of carbonyl (C=O) groups is 2. The van der Waals surface area contributed by atoms with E-state index in [1.165, 1.54) is 13.4 Å². The van der Waals surface area contributed by atoms with Crippen molar-refractivity contribution < 1.29 is 33.6 Å². The van der Waals surface area contributed by atoms with Crippen LogP contribution in [0.5, 0.6) is 11.5 Å². The van der Waals surface area contributed by atoms with Gasteiger partial charge >= 0.3 is 12.2 Å². The number of anilines is 1. The average molecular weight is 715 g/mol. The number of benzene rings is 2. The zero-order chi connectivity index (χ0) is 37.0. The second-order valence-electron chi connectivity index (χ2n) is 15.0. The molecule has 2 N–H and O–H groups in total. The summed E-state index contributed by atoms with van der Waals surface area (Å²) >= 11 is 0. The van der Waals surface area contributed by atoms with E-state index in [4.69, 9.17) is 18.9 Å². The minimum absolute atomic E-state index is 0.0596. The number of amides is 2. The summed E-state index contributed by atoms with van der Waals surface area (Å²) in [7, 11) is 1.47. The van der Waals surface area contributed by atoms with E-state index in [2.05, 4.69) is 19.9 Å². The number of hydrogen-bond donors (Lipinski definition) is 2. The molecule has 13 nitrogen and oxygen atoms in total. The summed E-state index contributed by atoms with van der Waals surface area (Å²) in [6.45, 7) is 12.0. The van der Waals surface area contributed by atoms with Crippen LogP contribution in [-0.4, -0.2) is 93.6 Å². The number of carbonyl (C=O) groups excluding carboxylic acids is 1. The minimum atomic E-state index is -1.09. The number of carboxylic acid groups (broad SMARTS) is 1. The molecule has 13 heteroatoms. The lowest BCUT2D eigenvalue weighted by Crippen LogP contribution is -2.39. The lowest BCUT2D eigenvalue weighted by Gasteiger charge is -2.28. The molecule has 4 atom stereocenters. The van der Waals surface area contributed by atoms with Gasteiger partial charge in [0.2, 0.25) is 0 Å². The first kappa shape index (κ1) is 37.1. The Balaban J connectivity index is 1.05. The Labute approximate surface area is 304 Å². The van der Waals surface area contributed by atoms with Crippen LogP contribution in [-0.2, 0) is 20.6 Å². The number of nitrogens with one attached hydrogen (secondary N) is 1. The third-order valence-electron chi connectivity index (χ3n) is 9.41. The summed E-state index contributed by atoms with van der Waals surface area (Å²) in [5.41, 5.74) is 1.16. The first-order valence-electron chi connectivity index (χ1n) is 17.9. The van der Waals surface area contributed by atoms with Crippen LogP contribution in [0.2, 0.25) is 0 Å². The van der Waals surface area contributed by atoms with E-state index >= 15 is 0 Å². The van der Waals surface area contributed by atoms with Crippen LogP contribution < -0.4 is 15.0 Å². The van der Waals surface area contributed by atoms with Crippen LogP contribution in [0.25, 0.3) is 11.0 Å². The Morgan fingerprint density at radius 1 is 1.00 bits per heavy atom. The summed E-state index contributed by atoms with van der Waals surface area (Å²) in [4.78, 5) is 36.5. The maximum atomic E-state index is 13.2. The number of ether oxygens (including phenoxy) is 4. The maximum Gasteiger partial charge on any atom is 0.412 e. The quantitative estimate of drug-likeness (QED) is 0.141. The van der Waals surface area contributed by atoms with Crippen molar-refractivity contribution in [2.75, 3.05) is 38.1 Å². The molecule has 3 heterocycles. The molecular weight excluding hydrogens is 664 g/mol. The first-order chi connectivity index (χ1) is 24.8. The van der Waals surface area contributed by atoms with Crippen LogP contribution in [0.1, 0.15) is 59.1 Å². The highest BCUT2D eigenvalue weighted by atomic mass is 16.8. The van der Waals surface area contributed by atoms with Gasteiger partial charge in [0.25, 0.3) is 0 Å². The predicted molar refractivity (Wildman–Crippen MR) is 197 cm³/mol. The Hall–Kier alpha value is -4.72. The molecule has 0 unspecified atom stereocenters. The van der Waals surface area contributed by atoms with Crippen LogP contribution in [0.15, 0.2) is 73.2 Å². The van der Waals surface area contributed by atoms with E-state index in [0.29, 0.717) is 49.5 Å². The second kappa shape index (κ2) is 15.5. The van der Waals surface area contributed by atoms with E-state index in [-0.39, 0.29) is 30.3 Å². The molecule has 2 aliphatic rings. The van der Waals surface area contributed by atoms with Crippen molar-refractivity contribution in [3.8, 4) is 11.5 Å². The fourth-order valence-corrected chi connectivity index (χ4v) is 7.03. The first-order valence-corrected chi connectivity index (χ1v) is 17.9. The minimum Gasteiger partial charge on any atom is -0.465 e. The monoisotopic (exact) mass is 714 g/mol. The molecule has 4 aromatic rings. The van der Waals surface area contributed by atoms with Crippen molar-refractivity contribution in [3.63, 3.8) is 0 Å². The fraction of sp³-hybridized carbons (Fsp3) is 0.487. The predicted octanol–water partition coefficient (Wildman–Crippen LogP) is 6.88. The van der Waals surface area contributed by atoms with Gasteiger partial charge in [-0.3, -0.25) is 4.90 Å². The van der Waals surface area contributed by atoms with Gasteiger partial charge in [-0.15, -0.1) is 0 Å². The second-order valence-corrected chi connectivity index (χ2v) is 15.0. The van der Waals surface area contributed by atoms with Crippen LogP contribution in [0.3, 0.4) is 0 Å². The molecule has 6 rings (SSSR count). The topological polar surface area (TPSA) is 141 Å². The molecule has 52 heavy (non-hydrogen) atoms. The highest BCUT2D eigenvalue weighted by Gasteiger charge is 2.54. The van der Waals surface area contributed by atoms with Crippen molar-refractivity contribution in [2.24, 2.45) is 5.92 Å². The number of rotatable bonds is 13. The van der Waals surface area contributed by atoms with Gasteiger partial charge in [-0.05, 0) is 96.3 Å². The van der Waals surface area contributed by atoms with E-state index in [9.17, 15) is 14.7 Å². The third kappa shape index (κ3) is 8.83. The number of para-hydroxylation sites is 1. The number of nitrogens with zero attached hydrogens (tertiary/aromatic N) is 5. The lowest BCUT2D eigenvalue weighted by molar-refractivity contribution is -0.160. The van der Waals surface area contributed by atoms with Gasteiger partial charge in [-0.2, -0.15) is 0 Å². The number of hydrogen-bond acceptors (Lipinski definition) is 9. The molecule has 1 saturated heterocycles. The van der Waals surface area contributed by atoms with Gasteiger partial charge in [0.1, 0.15) is 35.2 Å². The summed E-state index contributed by atoms with van der Waals surface area (Å²) in [6.07, 6.45) is 3.80. The zero-order valence-electron chi connectivity index (χ0n) is 30.8. The summed E-state index contributed by atoms with van der Waals surface area (Å²) in [5, 5.41) is 13.8. The lowest BCUT2D eigenvalue weighted by atomic mass is 10.1. The molecule has 278 valence electrons. The highest BCUT2D eigenvalue weighted by molar-refractivity contribution is 5.96. The summed E-state index contributed by atoms with van der Waals surface area (Å²) in [5.74, 6) is 1.30. The van der Waals surface area contributed by atoms with Gasteiger partial charge in [0.15, 0.2) is 11.6 Å². The molecule has 0 spiro atoms. The van der Waals surface area contributed by atoms with Crippen molar-refractivity contribution >= 4 is 29.0 Å². The van der Waals surface area contributed by atoms with E-state index in [1.807, 2.05) is 101 Å². The molecule has 2 fully saturated rings. The molecular formula is C39H50N6O7. The molecule has 1 saturated carbocycles. The standard InChI is InChI=1S/C39H50N6O7/c1-38(2,3)52-37(48)44(21-17-26-13-15-29(16-14-26)49-28-11-8-7-9-12-28)20-10-19-40-24-27-23-31(33-32(27)50-39(4,5)51-33)45-22-18-30-34(43(6)36(46)47)41-25-42-35(30)45/h7-9,11-16,18,22,25,27,31-33,40H,10,17,19-21,23-24H2,1-6H3,(H,46,47)/t27-,31-,32-,33+/m1/s1. The van der Waals surface area contributed by atoms with Crippen LogP contribution in [0, 0.1) is 5.92 Å². The molecule has 2 aromatic heterocycles. The molecule has 0 radical (unpaired) electrons. The summed E-state index contributed by atoms with van der Waals surface area (Å²) in [6, 6.07) is 19.4. The van der Waals surface area contributed by atoms with Crippen molar-refractivity contribution in [2.45, 2.75) is 83.5 Å². The Kier molecular flexibility index (Phi) is 11.0. The largest absolute Gasteiger partial charge is 0.465 e. The van der Waals surface area contributed by atoms with Crippen molar-refractivity contribution in [1.29, 1.82) is 0 Å². The van der Waals surface area contributed by atoms with Gasteiger partial charge in [0.05, 0.1) is 17.5 Å². The highest BCUT2D eigenvalue weighted by Crippen LogP contribution is 2.47. The van der Waals surface area contributed by atoms with Crippen molar-refractivity contribution in [1.82, 2.24) is 24.8 Å². The maximum absolute atomic E-state index is 13.2. The molecule has 2 amide bonds. The average Bonchev–Trinajstić information content (AvgIpc) is 3.76. The van der Waals surface area contributed by atoms with Gasteiger partial charge in [-0.25, -0.2) is 19.6 Å². The van der Waals surface area contributed by atoms with E-state index < -0.39 is 17.5 Å². The van der Waals surface area contributed by atoms with E-state index in [1.54, 1.807) is 4.90 Å². The Morgan fingerprint density at radius 3 is 2.42 bits per heavy atom. The summed E-state index contributed by atoms with van der Waals surface area (Å²) < 4.78 is 26.6. The smallest absolute Gasteiger partial charge is 0.412 e. The normalized spacial score (nSPS) is 20.8. The van der Waals surface area contributed by atoms with Gasteiger partial charge in [0, 0.05) is 38.8 Å². The van der Waals surface area contributed by atoms with Gasteiger partial charge in [-0.1, -0.05) is 30.3 Å². The fourth-order valence-electron chi connectivity index (χ4n) is 7.03.